The highest BCUT2D eigenvalue weighted by atomic mass is 16.3. The SMILES string of the molecule is CCCCCCCCCCCCCCCCCCCCCCCCNC(CO)C(O)/C=C/C(O)CCCCCCCCCCCC. The molecule has 0 saturated carbocycles. The van der Waals surface area contributed by atoms with Crippen LogP contribution in [0, 0.1) is 0 Å². The first-order chi connectivity index (χ1) is 22.7. The molecule has 0 rings (SSSR count). The van der Waals surface area contributed by atoms with Crippen molar-refractivity contribution >= 4 is 0 Å². The fourth-order valence-corrected chi connectivity index (χ4v) is 6.63. The number of hydrogen-bond donors (Lipinski definition) is 4. The minimum absolute atomic E-state index is 0.0979. The Bertz CT molecular complexity index is 583. The molecule has 0 heterocycles. The molecule has 0 spiro atoms. The van der Waals surface area contributed by atoms with Crippen molar-refractivity contribution in [3.05, 3.63) is 12.2 Å². The molecule has 3 unspecified atom stereocenters. The highest BCUT2D eigenvalue weighted by Gasteiger charge is 2.15. The summed E-state index contributed by atoms with van der Waals surface area (Å²) in [6.45, 7) is 5.27. The molecule has 0 amide bonds. The summed E-state index contributed by atoms with van der Waals surface area (Å²) in [5.41, 5.74) is 0. The molecule has 0 aromatic carbocycles. The van der Waals surface area contributed by atoms with Gasteiger partial charge in [-0.2, -0.15) is 0 Å². The van der Waals surface area contributed by atoms with E-state index in [1.807, 2.05) is 0 Å². The van der Waals surface area contributed by atoms with Crippen molar-refractivity contribution in [2.75, 3.05) is 13.2 Å². The summed E-state index contributed by atoms with van der Waals surface area (Å²) in [5.74, 6) is 0. The lowest BCUT2D eigenvalue weighted by Gasteiger charge is -2.20. The van der Waals surface area contributed by atoms with Gasteiger partial charge in [-0.15, -0.1) is 0 Å². The summed E-state index contributed by atoms with van der Waals surface area (Å²) in [5, 5.41) is 33.8. The lowest BCUT2D eigenvalue weighted by Crippen LogP contribution is -2.42. The number of hydrogen-bond acceptors (Lipinski definition) is 4. The summed E-state index contributed by atoms with van der Waals surface area (Å²) in [4.78, 5) is 0. The number of aliphatic hydroxyl groups is 3. The summed E-state index contributed by atoms with van der Waals surface area (Å²) in [7, 11) is 0. The van der Waals surface area contributed by atoms with Crippen LogP contribution in [0.3, 0.4) is 0 Å². The Morgan fingerprint density at radius 1 is 0.413 bits per heavy atom. The Balaban J connectivity index is 3.48. The predicted octanol–water partition coefficient (Wildman–Crippen LogP) is 12.1. The van der Waals surface area contributed by atoms with Crippen molar-refractivity contribution in [1.29, 1.82) is 0 Å². The van der Waals surface area contributed by atoms with E-state index < -0.39 is 12.2 Å². The van der Waals surface area contributed by atoms with Crippen LogP contribution >= 0.6 is 0 Å². The van der Waals surface area contributed by atoms with E-state index in [1.54, 1.807) is 12.2 Å². The standard InChI is InChI=1S/C42H85NO3/c1-3-5-7-9-11-13-15-16-17-18-19-20-21-22-23-24-25-26-28-30-32-34-38-43-41(39-44)42(46)37-36-40(45)35-33-31-29-27-14-12-10-8-6-4-2/h36-37,40-46H,3-35,38-39H2,1-2H3/b37-36+. The first-order valence-electron chi connectivity index (χ1n) is 21.0. The Kier molecular flexibility index (Phi) is 38.7. The van der Waals surface area contributed by atoms with Crippen LogP contribution in [0.15, 0.2) is 12.2 Å². The molecule has 46 heavy (non-hydrogen) atoms. The smallest absolute Gasteiger partial charge is 0.0897 e. The molecule has 0 aromatic heterocycles. The van der Waals surface area contributed by atoms with Crippen LogP contribution in [-0.2, 0) is 0 Å². The van der Waals surface area contributed by atoms with Gasteiger partial charge in [0.2, 0.25) is 0 Å². The van der Waals surface area contributed by atoms with Crippen LogP contribution in [0.2, 0.25) is 0 Å². The molecule has 4 N–H and O–H groups in total. The molecule has 0 aromatic rings. The maximum Gasteiger partial charge on any atom is 0.0897 e. The van der Waals surface area contributed by atoms with Gasteiger partial charge >= 0.3 is 0 Å². The molecule has 0 radical (unpaired) electrons. The van der Waals surface area contributed by atoms with Gasteiger partial charge < -0.3 is 20.6 Å². The Hall–Kier alpha value is -0.420. The van der Waals surface area contributed by atoms with Crippen molar-refractivity contribution in [2.24, 2.45) is 0 Å². The Morgan fingerprint density at radius 3 is 1.04 bits per heavy atom. The van der Waals surface area contributed by atoms with E-state index in [0.717, 1.165) is 25.8 Å². The van der Waals surface area contributed by atoms with E-state index in [1.165, 1.54) is 193 Å². The first kappa shape index (κ1) is 45.6. The minimum atomic E-state index is -0.771. The fraction of sp³-hybridized carbons (Fsp3) is 0.952. The van der Waals surface area contributed by atoms with Crippen LogP contribution < -0.4 is 5.32 Å². The maximum atomic E-state index is 10.5. The largest absolute Gasteiger partial charge is 0.395 e. The molecule has 0 bridgehead atoms. The normalized spacial score (nSPS) is 13.9. The van der Waals surface area contributed by atoms with E-state index in [0.29, 0.717) is 0 Å². The quantitative estimate of drug-likeness (QED) is 0.0394. The minimum Gasteiger partial charge on any atom is -0.395 e. The molecule has 0 saturated heterocycles. The first-order valence-corrected chi connectivity index (χ1v) is 21.0. The zero-order valence-electron chi connectivity index (χ0n) is 31.5. The molecule has 4 nitrogen and oxygen atoms in total. The molecular weight excluding hydrogens is 566 g/mol. The van der Waals surface area contributed by atoms with Gasteiger partial charge in [-0.1, -0.05) is 225 Å². The van der Waals surface area contributed by atoms with Crippen LogP contribution in [-0.4, -0.2) is 46.7 Å². The van der Waals surface area contributed by atoms with Crippen LogP contribution in [0.4, 0.5) is 0 Å². The molecule has 3 atom stereocenters. The second-order valence-electron chi connectivity index (χ2n) is 14.6. The maximum absolute atomic E-state index is 10.5. The van der Waals surface area contributed by atoms with E-state index in [-0.39, 0.29) is 12.6 Å². The van der Waals surface area contributed by atoms with Gasteiger partial charge in [-0.3, -0.25) is 0 Å². The van der Waals surface area contributed by atoms with Crippen LogP contribution in [0.1, 0.15) is 226 Å². The van der Waals surface area contributed by atoms with Gasteiger partial charge in [0.15, 0.2) is 0 Å². The van der Waals surface area contributed by atoms with Gasteiger partial charge in [-0.25, -0.2) is 0 Å². The highest BCUT2D eigenvalue weighted by Crippen LogP contribution is 2.16. The summed E-state index contributed by atoms with van der Waals surface area (Å²) >= 11 is 0. The van der Waals surface area contributed by atoms with Crippen molar-refractivity contribution in [2.45, 2.75) is 244 Å². The molecule has 276 valence electrons. The second-order valence-corrected chi connectivity index (χ2v) is 14.6. The van der Waals surface area contributed by atoms with Gasteiger partial charge in [0, 0.05) is 0 Å². The van der Waals surface area contributed by atoms with Crippen molar-refractivity contribution in [3.63, 3.8) is 0 Å². The highest BCUT2D eigenvalue weighted by molar-refractivity contribution is 4.98. The molecule has 0 aliphatic carbocycles. The summed E-state index contributed by atoms with van der Waals surface area (Å²) in [6, 6.07) is -0.365. The summed E-state index contributed by atoms with van der Waals surface area (Å²) < 4.78 is 0. The average molecular weight is 652 g/mol. The van der Waals surface area contributed by atoms with Gasteiger partial charge in [0.1, 0.15) is 0 Å². The predicted molar refractivity (Wildman–Crippen MR) is 204 cm³/mol. The van der Waals surface area contributed by atoms with E-state index >= 15 is 0 Å². The number of nitrogens with one attached hydrogen (secondary N) is 1. The number of rotatable bonds is 39. The Labute approximate surface area is 289 Å². The zero-order valence-corrected chi connectivity index (χ0v) is 31.5. The molecular formula is C42H85NO3. The fourth-order valence-electron chi connectivity index (χ4n) is 6.63. The monoisotopic (exact) mass is 652 g/mol. The average Bonchev–Trinajstić information content (AvgIpc) is 3.06. The van der Waals surface area contributed by atoms with E-state index in [9.17, 15) is 15.3 Å². The Morgan fingerprint density at radius 2 is 0.717 bits per heavy atom. The lowest BCUT2D eigenvalue weighted by atomic mass is 10.0. The van der Waals surface area contributed by atoms with Crippen LogP contribution in [0.25, 0.3) is 0 Å². The van der Waals surface area contributed by atoms with Crippen LogP contribution in [0.5, 0.6) is 0 Å². The third kappa shape index (κ3) is 34.9. The van der Waals surface area contributed by atoms with E-state index in [2.05, 4.69) is 19.2 Å². The second kappa shape index (κ2) is 39.0. The van der Waals surface area contributed by atoms with Crippen molar-refractivity contribution in [3.8, 4) is 0 Å². The van der Waals surface area contributed by atoms with Gasteiger partial charge in [0.25, 0.3) is 0 Å². The third-order valence-electron chi connectivity index (χ3n) is 9.93. The topological polar surface area (TPSA) is 72.7 Å². The lowest BCUT2D eigenvalue weighted by molar-refractivity contribution is 0.121. The van der Waals surface area contributed by atoms with Crippen molar-refractivity contribution in [1.82, 2.24) is 5.32 Å². The molecule has 0 aliphatic heterocycles. The number of aliphatic hydroxyl groups excluding tert-OH is 3. The zero-order chi connectivity index (χ0) is 33.6. The van der Waals surface area contributed by atoms with Gasteiger partial charge in [-0.05, 0) is 19.4 Å². The summed E-state index contributed by atoms with van der Waals surface area (Å²) in [6.07, 6.45) is 46.3. The number of unbranched alkanes of at least 4 members (excludes halogenated alkanes) is 30. The molecule has 0 fully saturated rings. The van der Waals surface area contributed by atoms with E-state index in [4.69, 9.17) is 0 Å². The van der Waals surface area contributed by atoms with Crippen molar-refractivity contribution < 1.29 is 15.3 Å². The van der Waals surface area contributed by atoms with Gasteiger partial charge in [0.05, 0.1) is 24.9 Å². The molecule has 4 heteroatoms. The third-order valence-corrected chi connectivity index (χ3v) is 9.93. The molecule has 0 aliphatic rings.